The Bertz CT molecular complexity index is 945. The lowest BCUT2D eigenvalue weighted by Crippen LogP contribution is -2.35. The lowest BCUT2D eigenvalue weighted by Gasteiger charge is -2.36. The summed E-state index contributed by atoms with van der Waals surface area (Å²) >= 11 is 0. The van der Waals surface area contributed by atoms with Crippen LogP contribution in [0.4, 0.5) is 0 Å². The van der Waals surface area contributed by atoms with Gasteiger partial charge in [-0.1, -0.05) is 20.8 Å². The van der Waals surface area contributed by atoms with Crippen LogP contribution in [0.1, 0.15) is 94.4 Å². The fraction of sp³-hybridized carbons (Fsp3) is 0.880. The van der Waals surface area contributed by atoms with Gasteiger partial charge in [0.1, 0.15) is 0 Å². The number of rotatable bonds is 20. The number of esters is 3. The molecule has 0 rings (SSSR count). The molecule has 2 unspecified atom stereocenters. The van der Waals surface area contributed by atoms with Crippen molar-refractivity contribution in [1.29, 1.82) is 0 Å². The standard InChI is InChI=1S/C25H49NO13P2/c1-10-22(4,5)19(27)34-16-37-40(31,32)25(30,14-13-15-26)41(33,38-17-35-20(28)23(6,7)11-2)39-18-36-21(29)24(8,9)12-3/h30H,10-18,26H2,1-9H3,(H,31,32). The summed E-state index contributed by atoms with van der Waals surface area (Å²) in [4.78, 5) is 47.9. The van der Waals surface area contributed by atoms with E-state index in [1.807, 2.05) is 0 Å². The lowest BCUT2D eigenvalue weighted by molar-refractivity contribution is -0.164. The van der Waals surface area contributed by atoms with E-state index in [4.69, 9.17) is 33.5 Å². The Morgan fingerprint density at radius 3 is 1.29 bits per heavy atom. The third kappa shape index (κ3) is 10.7. The molecule has 0 aliphatic heterocycles. The van der Waals surface area contributed by atoms with Gasteiger partial charge in [-0.05, 0) is 73.8 Å². The minimum atomic E-state index is -5.46. The molecule has 0 saturated heterocycles. The van der Waals surface area contributed by atoms with Crippen LogP contribution in [0.5, 0.6) is 0 Å². The van der Waals surface area contributed by atoms with Gasteiger partial charge in [0.25, 0.3) is 5.08 Å². The molecular formula is C25H49NO13P2. The van der Waals surface area contributed by atoms with Gasteiger partial charge in [-0.2, -0.15) is 0 Å². The normalized spacial score (nSPS) is 15.9. The van der Waals surface area contributed by atoms with E-state index in [1.165, 1.54) is 0 Å². The zero-order valence-corrected chi connectivity index (χ0v) is 27.5. The van der Waals surface area contributed by atoms with Gasteiger partial charge in [0, 0.05) is 6.42 Å². The Morgan fingerprint density at radius 1 is 0.683 bits per heavy atom. The number of nitrogens with two attached hydrogens (primary N) is 1. The molecule has 2 atom stereocenters. The summed E-state index contributed by atoms with van der Waals surface area (Å²) in [5, 5.41) is 8.17. The van der Waals surface area contributed by atoms with Crippen molar-refractivity contribution >= 4 is 33.1 Å². The highest BCUT2D eigenvalue weighted by atomic mass is 31.2. The van der Waals surface area contributed by atoms with Crippen molar-refractivity contribution in [1.82, 2.24) is 0 Å². The van der Waals surface area contributed by atoms with Crippen LogP contribution in [0.3, 0.4) is 0 Å². The fourth-order valence-electron chi connectivity index (χ4n) is 2.59. The minimum absolute atomic E-state index is 0.124. The van der Waals surface area contributed by atoms with E-state index in [-0.39, 0.29) is 13.0 Å². The van der Waals surface area contributed by atoms with E-state index in [9.17, 15) is 33.5 Å². The van der Waals surface area contributed by atoms with E-state index >= 15 is 0 Å². The first kappa shape index (κ1) is 39.6. The molecule has 0 heterocycles. The summed E-state index contributed by atoms with van der Waals surface area (Å²) in [7, 11) is -10.7. The Labute approximate surface area is 243 Å². The largest absolute Gasteiger partial charge is 0.438 e. The van der Waals surface area contributed by atoms with Gasteiger partial charge in [-0.3, -0.25) is 37.1 Å². The van der Waals surface area contributed by atoms with Gasteiger partial charge in [0.05, 0.1) is 16.2 Å². The van der Waals surface area contributed by atoms with Crippen molar-refractivity contribution in [3.63, 3.8) is 0 Å². The molecule has 0 fully saturated rings. The Kier molecular flexibility index (Phi) is 15.4. The summed E-state index contributed by atoms with van der Waals surface area (Å²) in [6.07, 6.45) is 0.232. The molecule has 16 heteroatoms. The van der Waals surface area contributed by atoms with E-state index in [0.717, 1.165) is 0 Å². The SMILES string of the molecule is CCC(C)(C)C(=O)OCOP(=O)(O)C(O)(CCCN)P(=O)(OCOC(=O)C(C)(C)CC)OCOC(=O)C(C)(C)CC. The van der Waals surface area contributed by atoms with Crippen LogP contribution in [-0.2, 0) is 51.3 Å². The van der Waals surface area contributed by atoms with Gasteiger partial charge in [0.2, 0.25) is 20.4 Å². The Hall–Kier alpha value is -1.37. The maximum atomic E-state index is 14.1. The van der Waals surface area contributed by atoms with E-state index in [1.54, 1.807) is 62.3 Å². The van der Waals surface area contributed by atoms with Gasteiger partial charge >= 0.3 is 33.1 Å². The molecule has 4 N–H and O–H groups in total. The molecule has 242 valence electrons. The smallest absolute Gasteiger partial charge is 0.380 e. The first-order valence-corrected chi connectivity index (χ1v) is 16.6. The second-order valence-corrected chi connectivity index (χ2v) is 16.1. The number of aliphatic hydroxyl groups is 1. The fourth-order valence-corrected chi connectivity index (χ4v) is 6.49. The zero-order chi connectivity index (χ0) is 32.3. The first-order valence-electron chi connectivity index (χ1n) is 13.4. The van der Waals surface area contributed by atoms with Crippen molar-refractivity contribution in [3.8, 4) is 0 Å². The second-order valence-electron chi connectivity index (χ2n) is 11.4. The van der Waals surface area contributed by atoms with E-state index in [2.05, 4.69) is 0 Å². The minimum Gasteiger partial charge on any atom is -0.438 e. The predicted octanol–water partition coefficient (Wildman–Crippen LogP) is 4.61. The van der Waals surface area contributed by atoms with Crippen molar-refractivity contribution in [2.45, 2.75) is 99.5 Å². The number of hydrogen-bond donors (Lipinski definition) is 3. The van der Waals surface area contributed by atoms with Crippen molar-refractivity contribution < 1.29 is 61.3 Å². The lowest BCUT2D eigenvalue weighted by atomic mass is 9.91. The van der Waals surface area contributed by atoms with Crippen LogP contribution < -0.4 is 5.73 Å². The maximum Gasteiger partial charge on any atom is 0.380 e. The third-order valence-corrected chi connectivity index (χ3v) is 12.2. The second kappa shape index (κ2) is 15.9. The van der Waals surface area contributed by atoms with Gasteiger partial charge in [0.15, 0.2) is 0 Å². The van der Waals surface area contributed by atoms with Crippen molar-refractivity contribution in [3.05, 3.63) is 0 Å². The summed E-state index contributed by atoms with van der Waals surface area (Å²) in [5.74, 6) is -2.25. The van der Waals surface area contributed by atoms with Gasteiger partial charge < -0.3 is 29.9 Å². The third-order valence-electron chi connectivity index (χ3n) is 7.16. The number of carbonyl (C=O) groups is 3. The highest BCUT2D eigenvalue weighted by Crippen LogP contribution is 2.76. The average Bonchev–Trinajstić information content (AvgIpc) is 2.90. The van der Waals surface area contributed by atoms with Crippen molar-refractivity contribution in [2.24, 2.45) is 22.0 Å². The molecule has 0 aromatic heterocycles. The highest BCUT2D eigenvalue weighted by molar-refractivity contribution is 7.73. The molecule has 0 aliphatic rings. The zero-order valence-electron chi connectivity index (χ0n) is 25.7. The summed E-state index contributed by atoms with van der Waals surface area (Å²) in [6, 6.07) is 0. The van der Waals surface area contributed by atoms with Crippen LogP contribution >= 0.6 is 15.2 Å². The Morgan fingerprint density at radius 2 is 1.00 bits per heavy atom. The molecule has 0 radical (unpaired) electrons. The summed E-state index contributed by atoms with van der Waals surface area (Å²) in [5.41, 5.74) is 2.70. The summed E-state index contributed by atoms with van der Waals surface area (Å²) < 4.78 is 57.7. The molecule has 0 amide bonds. The topological polar surface area (TPSA) is 207 Å². The van der Waals surface area contributed by atoms with Crippen LogP contribution in [0.15, 0.2) is 0 Å². The van der Waals surface area contributed by atoms with Crippen LogP contribution in [0.2, 0.25) is 0 Å². The number of carbonyl (C=O) groups excluding carboxylic acids is 3. The van der Waals surface area contributed by atoms with Crippen LogP contribution in [0, 0.1) is 16.2 Å². The molecule has 0 spiro atoms. The number of ether oxygens (including phenoxy) is 3. The molecule has 0 aromatic rings. The molecule has 0 bridgehead atoms. The van der Waals surface area contributed by atoms with Gasteiger partial charge in [-0.25, -0.2) is 0 Å². The first-order chi connectivity index (χ1) is 18.6. The maximum absolute atomic E-state index is 14.1. The van der Waals surface area contributed by atoms with Crippen LogP contribution in [-0.4, -0.2) is 59.9 Å². The quantitative estimate of drug-likeness (QED) is 0.0724. The monoisotopic (exact) mass is 633 g/mol. The summed E-state index contributed by atoms with van der Waals surface area (Å²) in [6.45, 7) is 11.4. The molecule has 0 aliphatic carbocycles. The van der Waals surface area contributed by atoms with Crippen LogP contribution in [0.25, 0.3) is 0 Å². The average molecular weight is 634 g/mol. The van der Waals surface area contributed by atoms with E-state index < -0.39 is 81.2 Å². The molecule has 0 saturated carbocycles. The molecule has 0 aromatic carbocycles. The Balaban J connectivity index is 6.24. The molecular weight excluding hydrogens is 584 g/mol. The molecule has 41 heavy (non-hydrogen) atoms. The van der Waals surface area contributed by atoms with Gasteiger partial charge in [-0.15, -0.1) is 0 Å². The molecule has 14 nitrogen and oxygen atoms in total. The van der Waals surface area contributed by atoms with Crippen molar-refractivity contribution in [2.75, 3.05) is 26.9 Å². The number of hydrogen-bond acceptors (Lipinski definition) is 13. The van der Waals surface area contributed by atoms with E-state index in [0.29, 0.717) is 19.3 Å². The highest BCUT2D eigenvalue weighted by Gasteiger charge is 2.64. The predicted molar refractivity (Wildman–Crippen MR) is 149 cm³/mol.